The third-order valence-electron chi connectivity index (χ3n) is 4.75. The maximum Gasteiger partial charge on any atom is 0.254 e. The quantitative estimate of drug-likeness (QED) is 0.685. The number of para-hydroxylation sites is 1. The van der Waals surface area contributed by atoms with Crippen LogP contribution in [0.1, 0.15) is 27.7 Å². The number of hydrogen-bond donors (Lipinski definition) is 1. The lowest BCUT2D eigenvalue weighted by Crippen LogP contribution is -2.35. The van der Waals surface area contributed by atoms with Crippen molar-refractivity contribution < 1.29 is 18.0 Å². The molecule has 3 aromatic rings. The van der Waals surface area contributed by atoms with E-state index in [1.165, 1.54) is 35.1 Å². The zero-order valence-corrected chi connectivity index (χ0v) is 16.3. The van der Waals surface area contributed by atoms with Crippen LogP contribution in [0.25, 0.3) is 5.69 Å². The Labute approximate surface area is 166 Å². The number of nitrogens with one attached hydrogen (secondary N) is 1. The standard InChI is InChI=1S/C21H21F3N4O/c1-13-14(11-26-28(13)18-10-5-4-7-15(18)22)21(29)25-12-19(27(2)3)20-16(23)8-6-9-17(20)24/h4-11,19H,12H2,1-3H3,(H,25,29). The number of nitrogens with zero attached hydrogens (tertiary/aromatic N) is 3. The summed E-state index contributed by atoms with van der Waals surface area (Å²) in [5.74, 6) is -2.29. The molecule has 1 atom stereocenters. The molecule has 0 radical (unpaired) electrons. The lowest BCUT2D eigenvalue weighted by molar-refractivity contribution is 0.0940. The Hall–Kier alpha value is -3.13. The lowest BCUT2D eigenvalue weighted by atomic mass is 10.0. The molecule has 0 saturated heterocycles. The molecule has 3 rings (SSSR count). The van der Waals surface area contributed by atoms with Gasteiger partial charge in [0.1, 0.15) is 23.1 Å². The van der Waals surface area contributed by atoms with Gasteiger partial charge >= 0.3 is 0 Å². The van der Waals surface area contributed by atoms with Crippen LogP contribution in [0.4, 0.5) is 13.2 Å². The van der Waals surface area contributed by atoms with Crippen LogP contribution in [0.15, 0.2) is 48.7 Å². The first-order chi connectivity index (χ1) is 13.8. The molecule has 0 fully saturated rings. The van der Waals surface area contributed by atoms with E-state index in [2.05, 4.69) is 10.4 Å². The number of carbonyl (C=O) groups excluding carboxylic acids is 1. The van der Waals surface area contributed by atoms with E-state index in [4.69, 9.17) is 0 Å². The summed E-state index contributed by atoms with van der Waals surface area (Å²) >= 11 is 0. The summed E-state index contributed by atoms with van der Waals surface area (Å²) in [7, 11) is 3.34. The first-order valence-electron chi connectivity index (χ1n) is 8.99. The smallest absolute Gasteiger partial charge is 0.254 e. The second-order valence-electron chi connectivity index (χ2n) is 6.83. The van der Waals surface area contributed by atoms with Gasteiger partial charge in [0.15, 0.2) is 0 Å². The molecule has 0 aliphatic carbocycles. The molecule has 1 heterocycles. The van der Waals surface area contributed by atoms with Crippen molar-refractivity contribution in [2.75, 3.05) is 20.6 Å². The van der Waals surface area contributed by atoms with Crippen molar-refractivity contribution in [1.29, 1.82) is 0 Å². The number of amides is 1. The van der Waals surface area contributed by atoms with E-state index < -0.39 is 29.4 Å². The molecule has 152 valence electrons. The number of likely N-dealkylation sites (N-methyl/N-ethyl adjacent to an activating group) is 1. The van der Waals surface area contributed by atoms with Crippen LogP contribution in [-0.4, -0.2) is 41.2 Å². The Balaban J connectivity index is 1.81. The van der Waals surface area contributed by atoms with Crippen molar-refractivity contribution in [3.63, 3.8) is 0 Å². The van der Waals surface area contributed by atoms with E-state index in [-0.39, 0.29) is 23.4 Å². The Bertz CT molecular complexity index is 1010. The minimum Gasteiger partial charge on any atom is -0.350 e. The van der Waals surface area contributed by atoms with Crippen molar-refractivity contribution in [2.45, 2.75) is 13.0 Å². The summed E-state index contributed by atoms with van der Waals surface area (Å²) < 4.78 is 43.7. The van der Waals surface area contributed by atoms with Gasteiger partial charge in [-0.25, -0.2) is 17.9 Å². The summed E-state index contributed by atoms with van der Waals surface area (Å²) in [5.41, 5.74) is 0.811. The molecule has 1 N–H and O–H groups in total. The van der Waals surface area contributed by atoms with Crippen LogP contribution < -0.4 is 5.32 Å². The molecule has 0 saturated carbocycles. The van der Waals surface area contributed by atoms with E-state index in [1.54, 1.807) is 44.1 Å². The molecule has 0 aliphatic heterocycles. The molecule has 0 spiro atoms. The van der Waals surface area contributed by atoms with E-state index in [1.807, 2.05) is 0 Å². The molecule has 1 aromatic heterocycles. The molecule has 5 nitrogen and oxygen atoms in total. The van der Waals surface area contributed by atoms with Gasteiger partial charge in [-0.05, 0) is 45.3 Å². The number of benzene rings is 2. The second kappa shape index (κ2) is 8.48. The molecule has 2 aromatic carbocycles. The van der Waals surface area contributed by atoms with Gasteiger partial charge in [-0.2, -0.15) is 5.10 Å². The fraction of sp³-hybridized carbons (Fsp3) is 0.238. The number of rotatable bonds is 6. The fourth-order valence-corrected chi connectivity index (χ4v) is 3.16. The maximum absolute atomic E-state index is 14.2. The van der Waals surface area contributed by atoms with Crippen LogP contribution in [0, 0.1) is 24.4 Å². The number of halogens is 3. The van der Waals surface area contributed by atoms with E-state index in [0.29, 0.717) is 5.69 Å². The van der Waals surface area contributed by atoms with Crippen molar-refractivity contribution in [1.82, 2.24) is 20.0 Å². The minimum atomic E-state index is -0.706. The topological polar surface area (TPSA) is 50.2 Å². The Kier molecular flexibility index (Phi) is 6.03. The van der Waals surface area contributed by atoms with Gasteiger partial charge in [-0.3, -0.25) is 4.79 Å². The third kappa shape index (κ3) is 4.17. The minimum absolute atomic E-state index is 0.0198. The molecule has 1 amide bonds. The Morgan fingerprint density at radius 3 is 2.31 bits per heavy atom. The third-order valence-corrected chi connectivity index (χ3v) is 4.75. The van der Waals surface area contributed by atoms with E-state index in [0.717, 1.165) is 0 Å². The molecule has 0 bridgehead atoms. The number of carbonyl (C=O) groups is 1. The lowest BCUT2D eigenvalue weighted by Gasteiger charge is -2.25. The predicted octanol–water partition coefficient (Wildman–Crippen LogP) is 3.63. The summed E-state index contributed by atoms with van der Waals surface area (Å²) in [6.45, 7) is 1.63. The van der Waals surface area contributed by atoms with Crippen LogP contribution in [0.2, 0.25) is 0 Å². The monoisotopic (exact) mass is 402 g/mol. The van der Waals surface area contributed by atoms with Gasteiger partial charge in [0, 0.05) is 12.1 Å². The average molecular weight is 402 g/mol. The number of aromatic nitrogens is 2. The van der Waals surface area contributed by atoms with Crippen LogP contribution in [0.3, 0.4) is 0 Å². The highest BCUT2D eigenvalue weighted by atomic mass is 19.1. The maximum atomic E-state index is 14.2. The molecule has 0 aliphatic rings. The number of hydrogen-bond acceptors (Lipinski definition) is 3. The van der Waals surface area contributed by atoms with Crippen LogP contribution in [0.5, 0.6) is 0 Å². The van der Waals surface area contributed by atoms with Crippen molar-refractivity contribution in [3.05, 3.63) is 82.9 Å². The first-order valence-corrected chi connectivity index (χ1v) is 8.99. The van der Waals surface area contributed by atoms with E-state index in [9.17, 15) is 18.0 Å². The van der Waals surface area contributed by atoms with Gasteiger partial charge in [-0.1, -0.05) is 18.2 Å². The van der Waals surface area contributed by atoms with E-state index >= 15 is 0 Å². The zero-order chi connectivity index (χ0) is 21.1. The molecular weight excluding hydrogens is 381 g/mol. The normalized spacial score (nSPS) is 12.2. The summed E-state index contributed by atoms with van der Waals surface area (Å²) in [5, 5.41) is 6.79. The van der Waals surface area contributed by atoms with Crippen LogP contribution in [-0.2, 0) is 0 Å². The second-order valence-corrected chi connectivity index (χ2v) is 6.83. The highest BCUT2D eigenvalue weighted by molar-refractivity contribution is 5.95. The van der Waals surface area contributed by atoms with Gasteiger partial charge < -0.3 is 10.2 Å². The predicted molar refractivity (Wildman–Crippen MR) is 103 cm³/mol. The van der Waals surface area contributed by atoms with Crippen molar-refractivity contribution >= 4 is 5.91 Å². The van der Waals surface area contributed by atoms with Gasteiger partial charge in [0.25, 0.3) is 5.91 Å². The summed E-state index contributed by atoms with van der Waals surface area (Å²) in [6, 6.07) is 9.04. The van der Waals surface area contributed by atoms with Gasteiger partial charge in [0.2, 0.25) is 0 Å². The van der Waals surface area contributed by atoms with Crippen molar-refractivity contribution in [3.8, 4) is 5.69 Å². The highest BCUT2D eigenvalue weighted by Gasteiger charge is 2.24. The molecule has 8 heteroatoms. The Morgan fingerprint density at radius 2 is 1.69 bits per heavy atom. The highest BCUT2D eigenvalue weighted by Crippen LogP contribution is 2.24. The van der Waals surface area contributed by atoms with Crippen molar-refractivity contribution in [2.24, 2.45) is 0 Å². The fourth-order valence-electron chi connectivity index (χ4n) is 3.16. The molecule has 29 heavy (non-hydrogen) atoms. The SMILES string of the molecule is Cc1c(C(=O)NCC(c2c(F)cccc2F)N(C)C)cnn1-c1ccccc1F. The average Bonchev–Trinajstić information content (AvgIpc) is 3.05. The van der Waals surface area contributed by atoms with Crippen LogP contribution >= 0.6 is 0 Å². The first kappa shape index (κ1) is 20.6. The summed E-state index contributed by atoms with van der Waals surface area (Å²) in [4.78, 5) is 14.3. The van der Waals surface area contributed by atoms with Gasteiger partial charge in [0.05, 0.1) is 23.5 Å². The Morgan fingerprint density at radius 1 is 1.07 bits per heavy atom. The molecule has 1 unspecified atom stereocenters. The van der Waals surface area contributed by atoms with Gasteiger partial charge in [-0.15, -0.1) is 0 Å². The summed E-state index contributed by atoms with van der Waals surface area (Å²) in [6.07, 6.45) is 1.34. The largest absolute Gasteiger partial charge is 0.350 e. The molecular formula is C21H21F3N4O. The zero-order valence-electron chi connectivity index (χ0n) is 16.3.